The van der Waals surface area contributed by atoms with E-state index < -0.39 is 0 Å². The van der Waals surface area contributed by atoms with Crippen LogP contribution in [0, 0.1) is 0 Å². The number of nitrogens with zero attached hydrogens (tertiary/aromatic N) is 6. The molecule has 0 radical (unpaired) electrons. The zero-order valence-corrected chi connectivity index (χ0v) is 28.2. The molecule has 0 atom stereocenters. The largest absolute Gasteiger partial charge is 0.371 e. The Bertz CT molecular complexity index is 1660. The first-order chi connectivity index (χ1) is 22.0. The smallest absolute Gasteiger partial charge is 0.159 e. The predicted octanol–water partition coefficient (Wildman–Crippen LogP) is 5.70. The number of rotatable bonds is 3. The van der Waals surface area contributed by atoms with Crippen LogP contribution >= 0.6 is 34.8 Å². The molecule has 240 valence electrons. The van der Waals surface area contributed by atoms with Crippen LogP contribution in [0.1, 0.15) is 0 Å². The molecule has 0 fully saturated rings. The highest BCUT2D eigenvalue weighted by atomic mass is 35.5. The van der Waals surface area contributed by atoms with Crippen LogP contribution in [0.4, 0.5) is 17.5 Å². The lowest BCUT2D eigenvalue weighted by atomic mass is 10.2. The van der Waals surface area contributed by atoms with Gasteiger partial charge in [0.1, 0.15) is 0 Å². The van der Waals surface area contributed by atoms with E-state index in [1.807, 2.05) is 93.9 Å². The van der Waals surface area contributed by atoms with Gasteiger partial charge in [-0.2, -0.15) is 0 Å². The fourth-order valence-electron chi connectivity index (χ4n) is 3.77. The minimum Gasteiger partial charge on any atom is -0.371 e. The maximum Gasteiger partial charge on any atom is 0.159 e. The fourth-order valence-corrected chi connectivity index (χ4v) is 4.38. The van der Waals surface area contributed by atoms with Gasteiger partial charge >= 0.3 is 0 Å². The highest BCUT2D eigenvalue weighted by Crippen LogP contribution is 2.26. The van der Waals surface area contributed by atoms with Gasteiger partial charge in [0.2, 0.25) is 0 Å². The maximum absolute atomic E-state index is 5.88. The van der Waals surface area contributed by atoms with Gasteiger partial charge in [-0.05, 0) is 21.1 Å². The first kappa shape index (κ1) is 38.9. The Labute approximate surface area is 278 Å². The SMILES string of the molecule is CN.CN.CN.CNc1nnc(Cl)c2ccccc12.CNc1nnc(NC)c2ccccc12.Clc1nnc(Cl)c2ccccc12. The van der Waals surface area contributed by atoms with Crippen LogP contribution < -0.4 is 33.2 Å². The molecule has 15 heteroatoms. The van der Waals surface area contributed by atoms with Gasteiger partial charge in [-0.25, -0.2) is 0 Å². The summed E-state index contributed by atoms with van der Waals surface area (Å²) in [6, 6.07) is 23.3. The molecular weight excluding hydrogens is 635 g/mol. The molecule has 0 saturated carbocycles. The number of nitrogens with one attached hydrogen (secondary N) is 3. The van der Waals surface area contributed by atoms with Crippen molar-refractivity contribution in [3.05, 3.63) is 88.3 Å². The number of halogens is 3. The Morgan fingerprint density at radius 1 is 0.378 bits per heavy atom. The van der Waals surface area contributed by atoms with E-state index >= 15 is 0 Å². The van der Waals surface area contributed by atoms with Crippen LogP contribution in [0.25, 0.3) is 32.3 Å². The van der Waals surface area contributed by atoms with Gasteiger partial charge in [0.15, 0.2) is 32.9 Å². The van der Waals surface area contributed by atoms with Crippen molar-refractivity contribution in [3.8, 4) is 0 Å². The van der Waals surface area contributed by atoms with Crippen molar-refractivity contribution in [1.29, 1.82) is 0 Å². The second kappa shape index (κ2) is 21.5. The number of fused-ring (bicyclic) bond motifs is 3. The van der Waals surface area contributed by atoms with Crippen LogP contribution in [0.3, 0.4) is 0 Å². The lowest BCUT2D eigenvalue weighted by Crippen LogP contribution is -2.00. The quantitative estimate of drug-likeness (QED) is 0.135. The minimum absolute atomic E-state index is 0.384. The number of benzene rings is 3. The summed E-state index contributed by atoms with van der Waals surface area (Å²) in [6.45, 7) is 0. The minimum atomic E-state index is 0.384. The highest BCUT2D eigenvalue weighted by Gasteiger charge is 2.06. The molecule has 3 heterocycles. The summed E-state index contributed by atoms with van der Waals surface area (Å²) < 4.78 is 0. The Balaban J connectivity index is 0.000000312. The number of hydrogen-bond donors (Lipinski definition) is 6. The molecule has 0 aliphatic rings. The first-order valence-corrected chi connectivity index (χ1v) is 14.6. The molecule has 3 aromatic carbocycles. The highest BCUT2D eigenvalue weighted by molar-refractivity contribution is 6.38. The third kappa shape index (κ3) is 10.5. The van der Waals surface area contributed by atoms with E-state index in [-0.39, 0.29) is 0 Å². The summed E-state index contributed by atoms with van der Waals surface area (Å²) in [5.41, 5.74) is 13.5. The van der Waals surface area contributed by atoms with Gasteiger partial charge in [0.25, 0.3) is 0 Å². The van der Waals surface area contributed by atoms with Crippen molar-refractivity contribution in [3.63, 3.8) is 0 Å². The monoisotopic (exact) mass is 672 g/mol. The molecule has 0 unspecified atom stereocenters. The van der Waals surface area contributed by atoms with Crippen molar-refractivity contribution in [2.45, 2.75) is 0 Å². The normalized spacial score (nSPS) is 9.33. The topological polar surface area (TPSA) is 191 Å². The number of hydrogen-bond acceptors (Lipinski definition) is 12. The Morgan fingerprint density at radius 2 is 0.578 bits per heavy atom. The molecule has 45 heavy (non-hydrogen) atoms. The van der Waals surface area contributed by atoms with Crippen molar-refractivity contribution in [2.24, 2.45) is 17.2 Å². The lowest BCUT2D eigenvalue weighted by molar-refractivity contribution is 1.05. The zero-order chi connectivity index (χ0) is 33.8. The number of aromatic nitrogens is 6. The van der Waals surface area contributed by atoms with Crippen LogP contribution in [-0.4, -0.2) is 72.9 Å². The third-order valence-electron chi connectivity index (χ3n) is 5.64. The number of nitrogens with two attached hydrogens (primary N) is 3. The van der Waals surface area contributed by atoms with E-state index in [2.05, 4.69) is 63.7 Å². The van der Waals surface area contributed by atoms with Crippen LogP contribution in [0.2, 0.25) is 15.5 Å². The molecule has 0 amide bonds. The molecule has 0 aliphatic carbocycles. The van der Waals surface area contributed by atoms with Crippen molar-refractivity contribution < 1.29 is 0 Å². The summed E-state index contributed by atoms with van der Waals surface area (Å²) in [5, 5.41) is 39.2. The van der Waals surface area contributed by atoms with E-state index in [1.165, 1.54) is 21.1 Å². The molecule has 0 spiro atoms. The van der Waals surface area contributed by atoms with Gasteiger partial charge in [0.05, 0.1) is 0 Å². The molecule has 12 nitrogen and oxygen atoms in total. The Hall–Kier alpha value is -4.17. The summed E-state index contributed by atoms with van der Waals surface area (Å²) in [4.78, 5) is 0. The zero-order valence-electron chi connectivity index (χ0n) is 26.0. The Morgan fingerprint density at radius 3 is 0.867 bits per heavy atom. The van der Waals surface area contributed by atoms with Crippen LogP contribution in [-0.2, 0) is 0 Å². The van der Waals surface area contributed by atoms with E-state index in [0.29, 0.717) is 15.5 Å². The molecular formula is C30H39Cl3N12. The molecule has 6 aromatic rings. The van der Waals surface area contributed by atoms with Gasteiger partial charge in [-0.15, -0.1) is 30.6 Å². The van der Waals surface area contributed by atoms with Crippen molar-refractivity contribution >= 4 is 84.6 Å². The molecule has 9 N–H and O–H groups in total. The van der Waals surface area contributed by atoms with E-state index in [4.69, 9.17) is 34.8 Å². The standard InChI is InChI=1S/C10H12N4.C9H8ClN3.C8H4Cl2N2.3CH5N/c1-11-9-7-5-3-4-6-8(7)10(12-2)14-13-9;1-11-9-7-5-3-2-4-6(7)8(10)12-13-9;9-7-5-3-1-2-4-6(5)8(10)12-11-7;3*1-2/h3-6H,1-2H3,(H,11,13)(H,12,14);2-5H,1H3,(H,11,13);1-4H;3*2H2,1H3. The van der Waals surface area contributed by atoms with Gasteiger partial charge < -0.3 is 33.2 Å². The second-order valence-electron chi connectivity index (χ2n) is 7.91. The summed E-state index contributed by atoms with van der Waals surface area (Å²) in [7, 11) is 10.00. The summed E-state index contributed by atoms with van der Waals surface area (Å²) in [5.74, 6) is 2.36. The molecule has 0 saturated heterocycles. The van der Waals surface area contributed by atoms with E-state index in [9.17, 15) is 0 Å². The average molecular weight is 674 g/mol. The third-order valence-corrected chi connectivity index (χ3v) is 6.47. The summed E-state index contributed by atoms with van der Waals surface area (Å²) in [6.07, 6.45) is 0. The second-order valence-corrected chi connectivity index (χ2v) is 8.98. The van der Waals surface area contributed by atoms with Crippen LogP contribution in [0.5, 0.6) is 0 Å². The predicted molar refractivity (Wildman–Crippen MR) is 193 cm³/mol. The Kier molecular flexibility index (Phi) is 18.6. The van der Waals surface area contributed by atoms with Gasteiger partial charge in [-0.1, -0.05) is 108 Å². The average Bonchev–Trinajstić information content (AvgIpc) is 3.13. The molecule has 0 bridgehead atoms. The van der Waals surface area contributed by atoms with Gasteiger partial charge in [0, 0.05) is 53.5 Å². The summed E-state index contributed by atoms with van der Waals surface area (Å²) >= 11 is 17.5. The van der Waals surface area contributed by atoms with Gasteiger partial charge in [-0.3, -0.25) is 0 Å². The fraction of sp³-hybridized carbons (Fsp3) is 0.200. The number of anilines is 3. The molecule has 3 aromatic heterocycles. The van der Waals surface area contributed by atoms with E-state index in [1.54, 1.807) is 0 Å². The van der Waals surface area contributed by atoms with Crippen molar-refractivity contribution in [1.82, 2.24) is 30.6 Å². The molecule has 6 rings (SSSR count). The van der Waals surface area contributed by atoms with E-state index in [0.717, 1.165) is 49.8 Å². The maximum atomic E-state index is 5.88. The first-order valence-electron chi connectivity index (χ1n) is 13.5. The lowest BCUT2D eigenvalue weighted by Gasteiger charge is -2.07. The molecule has 0 aliphatic heterocycles. The van der Waals surface area contributed by atoms with Crippen LogP contribution in [0.15, 0.2) is 72.8 Å². The van der Waals surface area contributed by atoms with Crippen molar-refractivity contribution in [2.75, 3.05) is 58.2 Å².